The molecule has 2 heteroatoms. The van der Waals surface area contributed by atoms with Gasteiger partial charge in [0.2, 0.25) is 0 Å². The molecule has 0 aromatic rings. The van der Waals surface area contributed by atoms with Gasteiger partial charge in [-0.2, -0.15) is 0 Å². The van der Waals surface area contributed by atoms with Gasteiger partial charge >= 0.3 is 0 Å². The van der Waals surface area contributed by atoms with Crippen LogP contribution in [0.2, 0.25) is 0 Å². The van der Waals surface area contributed by atoms with Crippen LogP contribution >= 0.6 is 0 Å². The molecule has 0 aliphatic heterocycles. The molecule has 18 heavy (non-hydrogen) atoms. The lowest BCUT2D eigenvalue weighted by molar-refractivity contribution is 0.155. The summed E-state index contributed by atoms with van der Waals surface area (Å²) in [6, 6.07) is 0. The van der Waals surface area contributed by atoms with Crippen molar-refractivity contribution in [3.8, 4) is 0 Å². The Bertz CT molecular complexity index is 277. The van der Waals surface area contributed by atoms with E-state index in [0.717, 1.165) is 0 Å². The van der Waals surface area contributed by atoms with E-state index in [1.165, 1.54) is 18.4 Å². The Morgan fingerprint density at radius 2 is 1.89 bits per heavy atom. The molecule has 0 saturated heterocycles. The molecule has 0 N–H and O–H groups in total. The van der Waals surface area contributed by atoms with Gasteiger partial charge in [-0.05, 0) is 32.1 Å². The third-order valence-corrected chi connectivity index (χ3v) is 3.53. The topological polar surface area (TPSA) is 18.5 Å². The molecule has 1 aliphatic rings. The number of hydrogen-bond acceptors (Lipinski definition) is 2. The van der Waals surface area contributed by atoms with Crippen LogP contribution in [-0.2, 0) is 9.47 Å². The van der Waals surface area contributed by atoms with Gasteiger partial charge in [-0.3, -0.25) is 0 Å². The molecule has 0 aromatic carbocycles. The van der Waals surface area contributed by atoms with Crippen LogP contribution < -0.4 is 0 Å². The normalized spacial score (nSPS) is 24.2. The van der Waals surface area contributed by atoms with Crippen LogP contribution in [0, 0.1) is 11.3 Å². The van der Waals surface area contributed by atoms with E-state index in [-0.39, 0.29) is 6.10 Å². The smallest absolute Gasteiger partial charge is 0.0724 e. The number of methoxy groups -OCH3 is 2. The Balaban J connectivity index is 0.000000873. The highest BCUT2D eigenvalue weighted by Gasteiger charge is 2.30. The van der Waals surface area contributed by atoms with Gasteiger partial charge in [-0.15, -0.1) is 0 Å². The SMILES string of the molecule is COC.COC(C)/C=C/C1C(C)=CCCC1(C)C. The molecule has 1 aliphatic carbocycles. The fraction of sp³-hybridized carbons (Fsp3) is 0.750. The van der Waals surface area contributed by atoms with E-state index in [4.69, 9.17) is 4.74 Å². The molecule has 0 saturated carbocycles. The predicted molar refractivity (Wildman–Crippen MR) is 78.8 cm³/mol. The van der Waals surface area contributed by atoms with Gasteiger partial charge in [0.15, 0.2) is 0 Å². The highest BCUT2D eigenvalue weighted by molar-refractivity contribution is 5.19. The second-order valence-corrected chi connectivity index (χ2v) is 5.69. The van der Waals surface area contributed by atoms with Crippen molar-refractivity contribution >= 4 is 0 Å². The molecular weight excluding hydrogens is 224 g/mol. The summed E-state index contributed by atoms with van der Waals surface area (Å²) < 4.78 is 9.49. The first kappa shape index (κ1) is 17.4. The summed E-state index contributed by atoms with van der Waals surface area (Å²) in [6.07, 6.45) is 9.59. The zero-order valence-electron chi connectivity index (χ0n) is 13.1. The number of allylic oxidation sites excluding steroid dienone is 3. The second kappa shape index (κ2) is 8.49. The third kappa shape index (κ3) is 5.83. The highest BCUT2D eigenvalue weighted by Crippen LogP contribution is 2.41. The quantitative estimate of drug-likeness (QED) is 0.702. The molecule has 0 aromatic heterocycles. The van der Waals surface area contributed by atoms with Crippen LogP contribution in [-0.4, -0.2) is 27.4 Å². The molecule has 2 unspecified atom stereocenters. The van der Waals surface area contributed by atoms with Gasteiger partial charge in [0.05, 0.1) is 6.10 Å². The largest absolute Gasteiger partial charge is 0.388 e. The van der Waals surface area contributed by atoms with Gasteiger partial charge in [-0.25, -0.2) is 0 Å². The molecule has 0 fully saturated rings. The maximum Gasteiger partial charge on any atom is 0.0724 e. The molecule has 1 rings (SSSR count). The summed E-state index contributed by atoms with van der Waals surface area (Å²) in [5.74, 6) is 0.573. The molecule has 0 heterocycles. The van der Waals surface area contributed by atoms with Crippen LogP contribution in [0.1, 0.15) is 40.5 Å². The lowest BCUT2D eigenvalue weighted by atomic mass is 9.68. The van der Waals surface area contributed by atoms with E-state index < -0.39 is 0 Å². The maximum absolute atomic E-state index is 5.24. The van der Waals surface area contributed by atoms with E-state index in [1.807, 2.05) is 0 Å². The predicted octanol–water partition coefficient (Wildman–Crippen LogP) is 4.22. The van der Waals surface area contributed by atoms with E-state index in [1.54, 1.807) is 21.3 Å². The van der Waals surface area contributed by atoms with Crippen molar-refractivity contribution < 1.29 is 9.47 Å². The van der Waals surface area contributed by atoms with E-state index in [2.05, 4.69) is 50.7 Å². The fourth-order valence-electron chi connectivity index (χ4n) is 2.33. The molecule has 0 amide bonds. The molecular formula is C16H30O2. The Morgan fingerprint density at radius 1 is 1.33 bits per heavy atom. The first-order valence-electron chi connectivity index (χ1n) is 6.67. The Kier molecular flexibility index (Phi) is 8.21. The molecule has 0 spiro atoms. The van der Waals surface area contributed by atoms with Crippen LogP contribution in [0.3, 0.4) is 0 Å². The lowest BCUT2D eigenvalue weighted by Gasteiger charge is -2.36. The van der Waals surface area contributed by atoms with E-state index in [0.29, 0.717) is 11.3 Å². The van der Waals surface area contributed by atoms with Crippen LogP contribution in [0.15, 0.2) is 23.8 Å². The summed E-state index contributed by atoms with van der Waals surface area (Å²) in [6.45, 7) is 9.03. The molecule has 106 valence electrons. The van der Waals surface area contributed by atoms with Crippen molar-refractivity contribution in [2.75, 3.05) is 21.3 Å². The van der Waals surface area contributed by atoms with Gasteiger partial charge in [0.25, 0.3) is 0 Å². The van der Waals surface area contributed by atoms with Gasteiger partial charge < -0.3 is 9.47 Å². The van der Waals surface area contributed by atoms with Crippen molar-refractivity contribution in [1.29, 1.82) is 0 Å². The van der Waals surface area contributed by atoms with Crippen molar-refractivity contribution in [2.24, 2.45) is 11.3 Å². The lowest BCUT2D eigenvalue weighted by Crippen LogP contribution is -2.26. The standard InChI is InChI=1S/C14H24O.C2H6O/c1-11-7-6-10-14(3,4)13(11)9-8-12(2)15-5;1-3-2/h7-9,12-13H,6,10H2,1-5H3;1-2H3/b9-8+;. The Labute approximate surface area is 113 Å². The van der Waals surface area contributed by atoms with Crippen LogP contribution in [0.25, 0.3) is 0 Å². The fourth-order valence-corrected chi connectivity index (χ4v) is 2.33. The van der Waals surface area contributed by atoms with E-state index >= 15 is 0 Å². The van der Waals surface area contributed by atoms with Gasteiger partial charge in [0, 0.05) is 27.2 Å². The first-order chi connectivity index (χ1) is 8.38. The zero-order valence-corrected chi connectivity index (χ0v) is 13.1. The van der Waals surface area contributed by atoms with Crippen molar-refractivity contribution in [3.05, 3.63) is 23.8 Å². The first-order valence-corrected chi connectivity index (χ1v) is 6.67. The van der Waals surface area contributed by atoms with Gasteiger partial charge in [-0.1, -0.05) is 37.6 Å². The van der Waals surface area contributed by atoms with E-state index in [9.17, 15) is 0 Å². The summed E-state index contributed by atoms with van der Waals surface area (Å²) >= 11 is 0. The van der Waals surface area contributed by atoms with Gasteiger partial charge in [0.1, 0.15) is 0 Å². The minimum Gasteiger partial charge on any atom is -0.388 e. The Hall–Kier alpha value is -0.600. The summed E-state index contributed by atoms with van der Waals surface area (Å²) in [7, 11) is 5.00. The number of hydrogen-bond donors (Lipinski definition) is 0. The average molecular weight is 254 g/mol. The Morgan fingerprint density at radius 3 is 2.33 bits per heavy atom. The summed E-state index contributed by atoms with van der Waals surface area (Å²) in [4.78, 5) is 0. The van der Waals surface area contributed by atoms with Crippen LogP contribution in [0.5, 0.6) is 0 Å². The molecule has 0 radical (unpaired) electrons. The summed E-state index contributed by atoms with van der Waals surface area (Å²) in [5.41, 5.74) is 1.90. The monoisotopic (exact) mass is 254 g/mol. The maximum atomic E-state index is 5.24. The summed E-state index contributed by atoms with van der Waals surface area (Å²) in [5, 5.41) is 0. The minimum absolute atomic E-state index is 0.218. The molecule has 2 nitrogen and oxygen atoms in total. The van der Waals surface area contributed by atoms with Crippen LogP contribution in [0.4, 0.5) is 0 Å². The van der Waals surface area contributed by atoms with Crippen molar-refractivity contribution in [1.82, 2.24) is 0 Å². The minimum atomic E-state index is 0.218. The molecule has 2 atom stereocenters. The second-order valence-electron chi connectivity index (χ2n) is 5.69. The van der Waals surface area contributed by atoms with Crippen molar-refractivity contribution in [2.45, 2.75) is 46.6 Å². The molecule has 0 bridgehead atoms. The third-order valence-electron chi connectivity index (χ3n) is 3.53. The van der Waals surface area contributed by atoms with Crippen molar-refractivity contribution in [3.63, 3.8) is 0 Å². The zero-order chi connectivity index (χ0) is 14.2. The number of rotatable bonds is 3. The average Bonchev–Trinajstić information content (AvgIpc) is 2.28. The number of ether oxygens (including phenoxy) is 2. The highest BCUT2D eigenvalue weighted by atomic mass is 16.5.